The number of nitrogens with one attached hydrogen (secondary N) is 1. The second kappa shape index (κ2) is 3.61. The number of para-hydroxylation sites is 1. The predicted molar refractivity (Wildman–Crippen MR) is 54.0 cm³/mol. The van der Waals surface area contributed by atoms with Gasteiger partial charge in [0.15, 0.2) is 6.61 Å². The van der Waals surface area contributed by atoms with Gasteiger partial charge in [0.05, 0.1) is 10.9 Å². The summed E-state index contributed by atoms with van der Waals surface area (Å²) in [6, 6.07) is 5.66. The van der Waals surface area contributed by atoms with Crippen molar-refractivity contribution < 1.29 is 14.6 Å². The van der Waals surface area contributed by atoms with Gasteiger partial charge in [0.25, 0.3) is 0 Å². The molecule has 0 radical (unpaired) electrons. The van der Waals surface area contributed by atoms with Gasteiger partial charge in [-0.2, -0.15) is 0 Å². The minimum Gasteiger partial charge on any atom is -0.479 e. The third kappa shape index (κ3) is 1.76. The van der Waals surface area contributed by atoms with E-state index < -0.39 is 5.97 Å². The Balaban J connectivity index is 2.37. The van der Waals surface area contributed by atoms with Crippen LogP contribution in [0.4, 0.5) is 0 Å². The summed E-state index contributed by atoms with van der Waals surface area (Å²) in [6.07, 6.45) is 0. The zero-order chi connectivity index (χ0) is 10.8. The van der Waals surface area contributed by atoms with Gasteiger partial charge in [-0.1, -0.05) is 12.1 Å². The molecule has 0 atom stereocenters. The first-order chi connectivity index (χ1) is 7.18. The lowest BCUT2D eigenvalue weighted by Crippen LogP contribution is -2.09. The maximum Gasteiger partial charge on any atom is 0.341 e. The van der Waals surface area contributed by atoms with Gasteiger partial charge in [-0.25, -0.2) is 4.79 Å². The molecule has 2 aromatic rings. The number of aromatic amines is 1. The number of hydrogen-bond donors (Lipinski definition) is 2. The second-order valence-electron chi connectivity index (χ2n) is 3.21. The number of carbonyl (C=O) groups is 1. The van der Waals surface area contributed by atoms with E-state index in [-0.39, 0.29) is 6.61 Å². The van der Waals surface area contributed by atoms with Gasteiger partial charge >= 0.3 is 5.97 Å². The number of nitrogens with zero attached hydrogens (tertiary/aromatic N) is 1. The lowest BCUT2D eigenvalue weighted by molar-refractivity contribution is -0.139. The summed E-state index contributed by atoms with van der Waals surface area (Å²) in [7, 11) is 0. The van der Waals surface area contributed by atoms with E-state index in [1.54, 1.807) is 0 Å². The fourth-order valence-corrected chi connectivity index (χ4v) is 1.40. The predicted octanol–water partition coefficient (Wildman–Crippen LogP) is 1.33. The Bertz CT molecular complexity index is 504. The molecule has 5 nitrogen and oxygen atoms in total. The van der Waals surface area contributed by atoms with Crippen LogP contribution in [0.3, 0.4) is 0 Å². The zero-order valence-electron chi connectivity index (χ0n) is 8.15. The van der Waals surface area contributed by atoms with Gasteiger partial charge in [0.1, 0.15) is 0 Å². The van der Waals surface area contributed by atoms with Crippen LogP contribution >= 0.6 is 0 Å². The molecule has 1 aromatic carbocycles. The number of aryl methyl sites for hydroxylation is 1. The number of H-pyrrole nitrogens is 1. The van der Waals surface area contributed by atoms with Gasteiger partial charge < -0.3 is 9.84 Å². The molecule has 15 heavy (non-hydrogen) atoms. The quantitative estimate of drug-likeness (QED) is 0.794. The van der Waals surface area contributed by atoms with Crippen LogP contribution in [-0.4, -0.2) is 27.9 Å². The fraction of sp³-hybridized carbons (Fsp3) is 0.200. The number of rotatable bonds is 3. The monoisotopic (exact) mass is 206 g/mol. The zero-order valence-corrected chi connectivity index (χ0v) is 8.15. The molecule has 1 aromatic heterocycles. The Labute approximate surface area is 85.7 Å². The number of aromatic nitrogens is 2. The highest BCUT2D eigenvalue weighted by atomic mass is 16.5. The number of aliphatic carboxylic acids is 1. The van der Waals surface area contributed by atoms with Crippen molar-refractivity contribution in [3.63, 3.8) is 0 Å². The number of ether oxygens (including phenoxy) is 1. The molecule has 0 aliphatic carbocycles. The van der Waals surface area contributed by atoms with E-state index in [0.29, 0.717) is 5.88 Å². The standard InChI is InChI=1S/C10H10N2O3/c1-6-3-2-4-7-9(6)11-12-10(7)15-5-8(13)14/h2-4H,5H2,1H3,(H,11,12)(H,13,14). The summed E-state index contributed by atoms with van der Waals surface area (Å²) in [4.78, 5) is 10.3. The van der Waals surface area contributed by atoms with E-state index in [4.69, 9.17) is 9.84 Å². The SMILES string of the molecule is Cc1cccc2c(OCC(=O)O)n[nH]c12. The summed E-state index contributed by atoms with van der Waals surface area (Å²) in [5.41, 5.74) is 1.92. The van der Waals surface area contributed by atoms with Crippen LogP contribution in [0.25, 0.3) is 10.9 Å². The molecule has 78 valence electrons. The van der Waals surface area contributed by atoms with Crippen molar-refractivity contribution in [2.45, 2.75) is 6.92 Å². The van der Waals surface area contributed by atoms with Gasteiger partial charge in [-0.3, -0.25) is 5.10 Å². The number of carboxylic acids is 1. The number of fused-ring (bicyclic) bond motifs is 1. The molecule has 5 heteroatoms. The lowest BCUT2D eigenvalue weighted by atomic mass is 10.2. The van der Waals surface area contributed by atoms with Gasteiger partial charge in [0.2, 0.25) is 5.88 Å². The molecule has 2 rings (SSSR count). The topological polar surface area (TPSA) is 75.2 Å². The average molecular weight is 206 g/mol. The summed E-state index contributed by atoms with van der Waals surface area (Å²) >= 11 is 0. The molecule has 0 aliphatic heterocycles. The molecule has 0 aliphatic rings. The third-order valence-corrected chi connectivity index (χ3v) is 2.10. The van der Waals surface area contributed by atoms with Crippen molar-refractivity contribution in [2.75, 3.05) is 6.61 Å². The van der Waals surface area contributed by atoms with E-state index in [1.807, 2.05) is 25.1 Å². The summed E-state index contributed by atoms with van der Waals surface area (Å²) in [5.74, 6) is -0.685. The molecular formula is C10H10N2O3. The maximum atomic E-state index is 10.3. The highest BCUT2D eigenvalue weighted by Gasteiger charge is 2.09. The minimum absolute atomic E-state index is 0.330. The maximum absolute atomic E-state index is 10.3. The van der Waals surface area contributed by atoms with Crippen LogP contribution < -0.4 is 4.74 Å². The number of benzene rings is 1. The van der Waals surface area contributed by atoms with E-state index in [0.717, 1.165) is 16.5 Å². The van der Waals surface area contributed by atoms with Crippen molar-refractivity contribution in [2.24, 2.45) is 0 Å². The van der Waals surface area contributed by atoms with Crippen molar-refractivity contribution in [1.82, 2.24) is 10.2 Å². The van der Waals surface area contributed by atoms with Crippen LogP contribution in [0.5, 0.6) is 5.88 Å². The normalized spacial score (nSPS) is 10.5. The van der Waals surface area contributed by atoms with Crippen LogP contribution in [0.2, 0.25) is 0 Å². The Morgan fingerprint density at radius 3 is 3.13 bits per heavy atom. The highest BCUT2D eigenvalue weighted by Crippen LogP contribution is 2.24. The Hall–Kier alpha value is -2.04. The Kier molecular flexibility index (Phi) is 2.29. The molecule has 0 bridgehead atoms. The van der Waals surface area contributed by atoms with Crippen LogP contribution in [0, 0.1) is 6.92 Å². The molecular weight excluding hydrogens is 196 g/mol. The fourth-order valence-electron chi connectivity index (χ4n) is 1.40. The van der Waals surface area contributed by atoms with Gasteiger partial charge in [-0.05, 0) is 18.6 Å². The summed E-state index contributed by atoms with van der Waals surface area (Å²) < 4.78 is 5.03. The van der Waals surface area contributed by atoms with Crippen LogP contribution in [0.15, 0.2) is 18.2 Å². The molecule has 0 saturated carbocycles. The van der Waals surface area contributed by atoms with Crippen molar-refractivity contribution >= 4 is 16.9 Å². The summed E-state index contributed by atoms with van der Waals surface area (Å²) in [5, 5.41) is 16.0. The van der Waals surface area contributed by atoms with Crippen molar-refractivity contribution in [3.8, 4) is 5.88 Å². The average Bonchev–Trinajstić information content (AvgIpc) is 2.59. The largest absolute Gasteiger partial charge is 0.479 e. The first-order valence-electron chi connectivity index (χ1n) is 4.47. The van der Waals surface area contributed by atoms with Gasteiger partial charge in [0, 0.05) is 0 Å². The van der Waals surface area contributed by atoms with E-state index in [2.05, 4.69) is 10.2 Å². The molecule has 0 unspecified atom stereocenters. The van der Waals surface area contributed by atoms with Gasteiger partial charge in [-0.15, -0.1) is 5.10 Å². The van der Waals surface area contributed by atoms with Crippen LogP contribution in [-0.2, 0) is 4.79 Å². The Morgan fingerprint density at radius 1 is 1.60 bits per heavy atom. The van der Waals surface area contributed by atoms with E-state index in [1.165, 1.54) is 0 Å². The van der Waals surface area contributed by atoms with E-state index >= 15 is 0 Å². The lowest BCUT2D eigenvalue weighted by Gasteiger charge is -1.98. The molecule has 0 fully saturated rings. The van der Waals surface area contributed by atoms with Crippen molar-refractivity contribution in [1.29, 1.82) is 0 Å². The van der Waals surface area contributed by atoms with Crippen LogP contribution in [0.1, 0.15) is 5.56 Å². The molecule has 0 amide bonds. The minimum atomic E-state index is -1.01. The molecule has 2 N–H and O–H groups in total. The Morgan fingerprint density at radius 2 is 2.40 bits per heavy atom. The summed E-state index contributed by atoms with van der Waals surface area (Å²) in [6.45, 7) is 1.56. The van der Waals surface area contributed by atoms with Crippen molar-refractivity contribution in [3.05, 3.63) is 23.8 Å². The first-order valence-corrected chi connectivity index (χ1v) is 4.47. The third-order valence-electron chi connectivity index (χ3n) is 2.10. The molecule has 0 saturated heterocycles. The van der Waals surface area contributed by atoms with E-state index in [9.17, 15) is 4.79 Å². The first kappa shape index (κ1) is 9.51. The molecule has 1 heterocycles. The smallest absolute Gasteiger partial charge is 0.341 e. The molecule has 0 spiro atoms. The number of hydrogen-bond acceptors (Lipinski definition) is 3. The highest BCUT2D eigenvalue weighted by molar-refractivity contribution is 5.86. The number of carboxylic acid groups (broad SMARTS) is 1. The second-order valence-corrected chi connectivity index (χ2v) is 3.21.